The van der Waals surface area contributed by atoms with Crippen molar-refractivity contribution in [1.29, 1.82) is 0 Å². The van der Waals surface area contributed by atoms with E-state index in [1.54, 1.807) is 11.8 Å². The first-order chi connectivity index (χ1) is 16.2. The average Bonchev–Trinajstić information content (AvgIpc) is 3.43. The maximum atomic E-state index is 13.2. The Balaban J connectivity index is 1.44. The number of halogens is 3. The Hall–Kier alpha value is -2.48. The third kappa shape index (κ3) is 5.27. The molecule has 0 saturated carbocycles. The maximum Gasteiger partial charge on any atom is 0.522 e. The molecule has 0 radical (unpaired) electrons. The first kappa shape index (κ1) is 24.6. The molecule has 0 aromatic carbocycles. The van der Waals surface area contributed by atoms with Crippen molar-refractivity contribution >= 4 is 17.2 Å². The van der Waals surface area contributed by atoms with Gasteiger partial charge in [0.15, 0.2) is 5.75 Å². The maximum absolute atomic E-state index is 13.2. The van der Waals surface area contributed by atoms with Gasteiger partial charge in [-0.05, 0) is 26.0 Å². The Labute approximate surface area is 197 Å². The van der Waals surface area contributed by atoms with E-state index in [1.807, 2.05) is 12.3 Å². The van der Waals surface area contributed by atoms with Crippen molar-refractivity contribution in [3.8, 4) is 11.6 Å². The Morgan fingerprint density at radius 2 is 2.12 bits per heavy atom. The number of rotatable bonds is 8. The summed E-state index contributed by atoms with van der Waals surface area (Å²) >= 11 is 1.53. The van der Waals surface area contributed by atoms with Gasteiger partial charge in [0.25, 0.3) is 11.8 Å². The van der Waals surface area contributed by atoms with Crippen LogP contribution in [0.1, 0.15) is 34.5 Å². The fourth-order valence-electron chi connectivity index (χ4n) is 3.95. The molecule has 4 rings (SSSR count). The molecule has 2 aromatic heterocycles. The Kier molecular flexibility index (Phi) is 7.26. The largest absolute Gasteiger partial charge is 0.522 e. The van der Waals surface area contributed by atoms with Crippen LogP contribution in [-0.2, 0) is 19.8 Å². The summed E-state index contributed by atoms with van der Waals surface area (Å²) < 4.78 is 62.6. The van der Waals surface area contributed by atoms with Crippen molar-refractivity contribution in [2.24, 2.45) is 0 Å². The zero-order chi connectivity index (χ0) is 24.3. The number of hydrogen-bond acceptors (Lipinski definition) is 9. The van der Waals surface area contributed by atoms with Crippen molar-refractivity contribution in [1.82, 2.24) is 14.9 Å². The van der Waals surface area contributed by atoms with Crippen LogP contribution in [0, 0.1) is 6.92 Å². The fraction of sp³-hybridized carbons (Fsp3) is 0.571. The van der Waals surface area contributed by atoms with Crippen molar-refractivity contribution in [3.05, 3.63) is 33.9 Å². The van der Waals surface area contributed by atoms with Gasteiger partial charge >= 0.3 is 6.36 Å². The van der Waals surface area contributed by atoms with Crippen LogP contribution in [-0.4, -0.2) is 72.9 Å². The lowest BCUT2D eigenvalue weighted by atomic mass is 9.86. The number of ether oxygens (including phenoxy) is 5. The van der Waals surface area contributed by atoms with E-state index in [-0.39, 0.29) is 49.3 Å². The molecule has 1 amide bonds. The number of hydrogen-bond donors (Lipinski definition) is 0. The Morgan fingerprint density at radius 3 is 2.82 bits per heavy atom. The summed E-state index contributed by atoms with van der Waals surface area (Å²) in [5.74, 6) is -0.190. The lowest BCUT2D eigenvalue weighted by Crippen LogP contribution is -2.53. The van der Waals surface area contributed by atoms with Crippen LogP contribution in [0.3, 0.4) is 0 Å². The SMILES string of the molecule is CCOc1nc(C(=O)N2CC[C@]3(c4csc(C)n4)OCOC3C2)ccc1OCCOC(F)(F)F. The van der Waals surface area contributed by atoms with Gasteiger partial charge in [0.1, 0.15) is 30.8 Å². The second-order valence-corrected chi connectivity index (χ2v) is 8.70. The van der Waals surface area contributed by atoms with Crippen LogP contribution in [0.15, 0.2) is 17.5 Å². The molecular formula is C21H24F3N3O6S. The van der Waals surface area contributed by atoms with E-state index in [0.717, 1.165) is 10.7 Å². The van der Waals surface area contributed by atoms with Gasteiger partial charge in [-0.2, -0.15) is 0 Å². The second kappa shape index (κ2) is 10.0. The van der Waals surface area contributed by atoms with Crippen LogP contribution < -0.4 is 9.47 Å². The van der Waals surface area contributed by atoms with E-state index in [4.69, 9.17) is 18.9 Å². The molecular weight excluding hydrogens is 479 g/mol. The van der Waals surface area contributed by atoms with Gasteiger partial charge in [0, 0.05) is 18.3 Å². The van der Waals surface area contributed by atoms with Gasteiger partial charge in [0.05, 0.1) is 30.5 Å². The summed E-state index contributed by atoms with van der Waals surface area (Å²) in [7, 11) is 0. The number of nitrogens with zero attached hydrogens (tertiary/aromatic N) is 3. The molecule has 186 valence electrons. The fourth-order valence-corrected chi connectivity index (χ4v) is 4.64. The standard InChI is InChI=1S/C21H24F3N3O6S/c1-3-29-18-15(30-8-9-32-21(22,23)24)5-4-14(26-18)19(28)27-7-6-20(16-11-34-13(2)25-16)17(10-27)31-12-33-20/h4-5,11,17H,3,6-10,12H2,1-2H3/t17?,20-/m1/s1. The number of carbonyl (C=O) groups is 1. The van der Waals surface area contributed by atoms with Gasteiger partial charge in [-0.15, -0.1) is 24.5 Å². The highest BCUT2D eigenvalue weighted by atomic mass is 32.1. The van der Waals surface area contributed by atoms with E-state index < -0.39 is 18.6 Å². The number of piperidine rings is 1. The summed E-state index contributed by atoms with van der Waals surface area (Å²) in [5, 5.41) is 2.89. The number of carbonyl (C=O) groups excluding carboxylic acids is 1. The smallest absolute Gasteiger partial charge is 0.486 e. The van der Waals surface area contributed by atoms with Crippen LogP contribution in [0.2, 0.25) is 0 Å². The minimum Gasteiger partial charge on any atom is -0.486 e. The number of likely N-dealkylation sites (tertiary alicyclic amines) is 1. The summed E-state index contributed by atoms with van der Waals surface area (Å²) in [6, 6.07) is 2.89. The third-order valence-corrected chi connectivity index (χ3v) is 6.29. The minimum atomic E-state index is -4.74. The molecule has 9 nitrogen and oxygen atoms in total. The summed E-state index contributed by atoms with van der Waals surface area (Å²) in [6.45, 7) is 3.65. The van der Waals surface area contributed by atoms with Crippen molar-refractivity contribution < 1.29 is 41.7 Å². The van der Waals surface area contributed by atoms with E-state index in [2.05, 4.69) is 14.7 Å². The molecule has 2 aliphatic heterocycles. The van der Waals surface area contributed by atoms with E-state index in [9.17, 15) is 18.0 Å². The average molecular weight is 503 g/mol. The topological polar surface area (TPSA) is 92.2 Å². The van der Waals surface area contributed by atoms with Crippen molar-refractivity contribution in [2.45, 2.75) is 38.3 Å². The first-order valence-electron chi connectivity index (χ1n) is 10.7. The molecule has 2 fully saturated rings. The molecule has 2 aromatic rings. The number of amides is 1. The predicted octanol–water partition coefficient (Wildman–Crippen LogP) is 3.27. The lowest BCUT2D eigenvalue weighted by Gasteiger charge is -2.40. The van der Waals surface area contributed by atoms with Crippen LogP contribution in [0.25, 0.3) is 0 Å². The van der Waals surface area contributed by atoms with Gasteiger partial charge in [-0.1, -0.05) is 0 Å². The van der Waals surface area contributed by atoms with Crippen molar-refractivity contribution in [2.75, 3.05) is 39.7 Å². The number of thiazole rings is 1. The van der Waals surface area contributed by atoms with Gasteiger partial charge in [0.2, 0.25) is 0 Å². The number of fused-ring (bicyclic) bond motifs is 1. The molecule has 13 heteroatoms. The minimum absolute atomic E-state index is 0.0186. The highest BCUT2D eigenvalue weighted by Gasteiger charge is 2.52. The van der Waals surface area contributed by atoms with E-state index in [1.165, 1.54) is 23.5 Å². The van der Waals surface area contributed by atoms with Gasteiger partial charge in [-0.25, -0.2) is 9.97 Å². The summed E-state index contributed by atoms with van der Waals surface area (Å²) in [4.78, 5) is 23.6. The van der Waals surface area contributed by atoms with Crippen LogP contribution >= 0.6 is 11.3 Å². The van der Waals surface area contributed by atoms with Crippen LogP contribution in [0.4, 0.5) is 13.2 Å². The van der Waals surface area contributed by atoms with Gasteiger partial charge in [-0.3, -0.25) is 9.53 Å². The lowest BCUT2D eigenvalue weighted by molar-refractivity contribution is -0.325. The summed E-state index contributed by atoms with van der Waals surface area (Å²) in [6.07, 6.45) is -4.58. The molecule has 0 bridgehead atoms. The number of pyridine rings is 1. The number of alkyl halides is 3. The Bertz CT molecular complexity index is 1020. The highest BCUT2D eigenvalue weighted by molar-refractivity contribution is 7.09. The normalized spacial score (nSPS) is 22.5. The van der Waals surface area contributed by atoms with Crippen molar-refractivity contribution in [3.63, 3.8) is 0 Å². The second-order valence-electron chi connectivity index (χ2n) is 7.64. The molecule has 0 N–H and O–H groups in total. The molecule has 2 saturated heterocycles. The number of aryl methyl sites for hydroxylation is 1. The molecule has 2 aliphatic rings. The molecule has 2 atom stereocenters. The molecule has 4 heterocycles. The zero-order valence-electron chi connectivity index (χ0n) is 18.6. The molecule has 1 unspecified atom stereocenters. The zero-order valence-corrected chi connectivity index (χ0v) is 19.4. The van der Waals surface area contributed by atoms with E-state index in [0.29, 0.717) is 19.5 Å². The Morgan fingerprint density at radius 1 is 1.29 bits per heavy atom. The first-order valence-corrected chi connectivity index (χ1v) is 11.5. The summed E-state index contributed by atoms with van der Waals surface area (Å²) in [5.41, 5.74) is 0.261. The van der Waals surface area contributed by atoms with Crippen LogP contribution in [0.5, 0.6) is 11.6 Å². The van der Waals surface area contributed by atoms with Gasteiger partial charge < -0.3 is 23.8 Å². The molecule has 0 aliphatic carbocycles. The molecule has 34 heavy (non-hydrogen) atoms. The highest BCUT2D eigenvalue weighted by Crippen LogP contribution is 2.43. The van der Waals surface area contributed by atoms with E-state index >= 15 is 0 Å². The quantitative estimate of drug-likeness (QED) is 0.507. The third-order valence-electron chi connectivity index (χ3n) is 5.52. The number of aromatic nitrogens is 2. The molecule has 0 spiro atoms. The predicted molar refractivity (Wildman–Crippen MR) is 113 cm³/mol. The monoisotopic (exact) mass is 503 g/mol.